The Labute approximate surface area is 157 Å². The Bertz CT molecular complexity index is 1060. The van der Waals surface area contributed by atoms with E-state index in [-0.39, 0.29) is 10.7 Å². The molecule has 0 aliphatic carbocycles. The van der Waals surface area contributed by atoms with Crippen LogP contribution in [0.4, 0.5) is 11.4 Å². The molecule has 0 spiro atoms. The van der Waals surface area contributed by atoms with Gasteiger partial charge in [-0.15, -0.1) is 0 Å². The molecule has 3 rings (SSSR count). The van der Waals surface area contributed by atoms with Gasteiger partial charge in [-0.05, 0) is 48.9 Å². The van der Waals surface area contributed by atoms with Gasteiger partial charge in [-0.3, -0.25) is 9.52 Å². The molecule has 3 aromatic rings. The molecule has 1 heterocycles. The molecule has 0 saturated carbocycles. The van der Waals surface area contributed by atoms with Crippen LogP contribution in [0, 0.1) is 6.92 Å². The van der Waals surface area contributed by atoms with Crippen LogP contribution in [0.15, 0.2) is 70.2 Å². The molecule has 0 fully saturated rings. The van der Waals surface area contributed by atoms with Crippen molar-refractivity contribution in [1.29, 1.82) is 0 Å². The van der Waals surface area contributed by atoms with Crippen LogP contribution in [0.3, 0.4) is 0 Å². The molecule has 0 radical (unpaired) electrons. The molecule has 7 nitrogen and oxygen atoms in total. The van der Waals surface area contributed by atoms with Crippen molar-refractivity contribution in [1.82, 2.24) is 0 Å². The number of hydrogen-bond acceptors (Lipinski definition) is 5. The van der Waals surface area contributed by atoms with E-state index in [1.807, 2.05) is 0 Å². The number of carbonyl (C=O) groups is 1. The Hall–Kier alpha value is -3.26. The Balaban J connectivity index is 1.90. The SMILES string of the molecule is COc1ccccc1NS(=O)(=O)c1cc(NC(=O)c2ccco2)ccc1C. The Morgan fingerprint density at radius 1 is 1.07 bits per heavy atom. The molecule has 27 heavy (non-hydrogen) atoms. The molecule has 0 bridgehead atoms. The van der Waals surface area contributed by atoms with Gasteiger partial charge in [0.2, 0.25) is 0 Å². The Morgan fingerprint density at radius 2 is 1.85 bits per heavy atom. The van der Waals surface area contributed by atoms with E-state index in [1.165, 1.54) is 25.5 Å². The zero-order valence-corrected chi connectivity index (χ0v) is 15.5. The number of sulfonamides is 1. The van der Waals surface area contributed by atoms with Crippen LogP contribution >= 0.6 is 0 Å². The van der Waals surface area contributed by atoms with E-state index in [9.17, 15) is 13.2 Å². The fourth-order valence-corrected chi connectivity index (χ4v) is 3.84. The summed E-state index contributed by atoms with van der Waals surface area (Å²) in [4.78, 5) is 12.2. The third-order valence-electron chi connectivity index (χ3n) is 3.83. The second-order valence-electron chi connectivity index (χ2n) is 5.72. The van der Waals surface area contributed by atoms with Crippen molar-refractivity contribution in [2.24, 2.45) is 0 Å². The summed E-state index contributed by atoms with van der Waals surface area (Å²) in [6, 6.07) is 14.5. The van der Waals surface area contributed by atoms with Crippen molar-refractivity contribution < 1.29 is 22.4 Å². The van der Waals surface area contributed by atoms with Gasteiger partial charge in [-0.2, -0.15) is 0 Å². The number of nitrogens with one attached hydrogen (secondary N) is 2. The van der Waals surface area contributed by atoms with Crippen molar-refractivity contribution >= 4 is 27.3 Å². The van der Waals surface area contributed by atoms with Crippen LogP contribution in [0.5, 0.6) is 5.75 Å². The summed E-state index contributed by atoms with van der Waals surface area (Å²) in [5.74, 6) is 0.0676. The number of carbonyl (C=O) groups excluding carboxylic acids is 1. The summed E-state index contributed by atoms with van der Waals surface area (Å²) in [6.45, 7) is 1.68. The smallest absolute Gasteiger partial charge is 0.291 e. The predicted octanol–water partition coefficient (Wildman–Crippen LogP) is 3.65. The first kappa shape index (κ1) is 18.5. The number of ether oxygens (including phenoxy) is 1. The highest BCUT2D eigenvalue weighted by atomic mass is 32.2. The first-order valence-corrected chi connectivity index (χ1v) is 9.50. The number of rotatable bonds is 6. The lowest BCUT2D eigenvalue weighted by atomic mass is 10.2. The van der Waals surface area contributed by atoms with E-state index in [1.54, 1.807) is 49.4 Å². The lowest BCUT2D eigenvalue weighted by Crippen LogP contribution is -2.16. The molecule has 0 aliphatic heterocycles. The number of aryl methyl sites for hydroxylation is 1. The fourth-order valence-electron chi connectivity index (χ4n) is 2.50. The summed E-state index contributed by atoms with van der Waals surface area (Å²) in [5, 5.41) is 2.62. The average Bonchev–Trinajstić information content (AvgIpc) is 3.18. The number of amides is 1. The standard InChI is InChI=1S/C19H18N2O5S/c1-13-9-10-14(20-19(22)17-8-5-11-26-17)12-18(13)27(23,24)21-15-6-3-4-7-16(15)25-2/h3-12,21H,1-2H3,(H,20,22). The minimum Gasteiger partial charge on any atom is -0.495 e. The molecule has 1 aromatic heterocycles. The van der Waals surface area contributed by atoms with Crippen LogP contribution in [0.25, 0.3) is 0 Å². The minimum absolute atomic E-state index is 0.0469. The molecule has 0 unspecified atom stereocenters. The van der Waals surface area contributed by atoms with E-state index in [4.69, 9.17) is 9.15 Å². The first-order chi connectivity index (χ1) is 12.9. The maximum atomic E-state index is 12.9. The van der Waals surface area contributed by atoms with Gasteiger partial charge in [0.25, 0.3) is 15.9 Å². The highest BCUT2D eigenvalue weighted by Gasteiger charge is 2.20. The van der Waals surface area contributed by atoms with Crippen LogP contribution in [-0.4, -0.2) is 21.4 Å². The van der Waals surface area contributed by atoms with Crippen molar-refractivity contribution in [2.75, 3.05) is 17.1 Å². The number of furan rings is 1. The quantitative estimate of drug-likeness (QED) is 0.674. The van der Waals surface area contributed by atoms with Gasteiger partial charge in [0.05, 0.1) is 24.0 Å². The summed E-state index contributed by atoms with van der Waals surface area (Å²) in [5.41, 5.74) is 1.19. The Kier molecular flexibility index (Phi) is 5.18. The number of para-hydroxylation sites is 2. The topological polar surface area (TPSA) is 97.6 Å². The lowest BCUT2D eigenvalue weighted by molar-refractivity contribution is 0.0996. The molecule has 140 valence electrons. The fraction of sp³-hybridized carbons (Fsp3) is 0.105. The summed E-state index contributed by atoms with van der Waals surface area (Å²) < 4.78 is 38.5. The van der Waals surface area contributed by atoms with Crippen molar-refractivity contribution in [3.8, 4) is 5.75 Å². The third kappa shape index (κ3) is 4.12. The molecule has 2 N–H and O–H groups in total. The minimum atomic E-state index is -3.89. The van der Waals surface area contributed by atoms with Gasteiger partial charge in [0, 0.05) is 5.69 Å². The number of anilines is 2. The summed E-state index contributed by atoms with van der Waals surface area (Å²) >= 11 is 0. The average molecular weight is 386 g/mol. The molecule has 2 aromatic carbocycles. The largest absolute Gasteiger partial charge is 0.495 e. The summed E-state index contributed by atoms with van der Waals surface area (Å²) in [6.07, 6.45) is 1.39. The summed E-state index contributed by atoms with van der Waals surface area (Å²) in [7, 11) is -2.43. The molecule has 0 aliphatic rings. The van der Waals surface area contributed by atoms with Crippen LogP contribution < -0.4 is 14.8 Å². The van der Waals surface area contributed by atoms with Crippen molar-refractivity contribution in [2.45, 2.75) is 11.8 Å². The van der Waals surface area contributed by atoms with Gasteiger partial charge in [0.1, 0.15) is 5.75 Å². The number of methoxy groups -OCH3 is 1. The predicted molar refractivity (Wildman–Crippen MR) is 102 cm³/mol. The van der Waals surface area contributed by atoms with Crippen LogP contribution in [0.1, 0.15) is 16.1 Å². The maximum Gasteiger partial charge on any atom is 0.291 e. The third-order valence-corrected chi connectivity index (χ3v) is 5.34. The van der Waals surface area contributed by atoms with Crippen LogP contribution in [-0.2, 0) is 10.0 Å². The van der Waals surface area contributed by atoms with E-state index in [2.05, 4.69) is 10.0 Å². The normalized spacial score (nSPS) is 11.0. The molecule has 0 saturated heterocycles. The molecular weight excluding hydrogens is 368 g/mol. The van der Waals surface area contributed by atoms with E-state index >= 15 is 0 Å². The second kappa shape index (κ2) is 7.55. The van der Waals surface area contributed by atoms with E-state index in [0.29, 0.717) is 22.7 Å². The zero-order chi connectivity index (χ0) is 19.4. The number of benzene rings is 2. The molecule has 1 amide bonds. The van der Waals surface area contributed by atoms with E-state index < -0.39 is 15.9 Å². The zero-order valence-electron chi connectivity index (χ0n) is 14.7. The first-order valence-electron chi connectivity index (χ1n) is 8.02. The van der Waals surface area contributed by atoms with Crippen LogP contribution in [0.2, 0.25) is 0 Å². The van der Waals surface area contributed by atoms with Crippen molar-refractivity contribution in [3.63, 3.8) is 0 Å². The molecule has 0 atom stereocenters. The number of hydrogen-bond donors (Lipinski definition) is 2. The highest BCUT2D eigenvalue weighted by Crippen LogP contribution is 2.28. The van der Waals surface area contributed by atoms with E-state index in [0.717, 1.165) is 0 Å². The van der Waals surface area contributed by atoms with Gasteiger partial charge >= 0.3 is 0 Å². The van der Waals surface area contributed by atoms with Gasteiger partial charge in [-0.25, -0.2) is 8.42 Å². The maximum absolute atomic E-state index is 12.9. The Morgan fingerprint density at radius 3 is 2.56 bits per heavy atom. The lowest BCUT2D eigenvalue weighted by Gasteiger charge is -2.14. The molecular formula is C19H18N2O5S. The second-order valence-corrected chi connectivity index (χ2v) is 7.37. The van der Waals surface area contributed by atoms with Gasteiger partial charge < -0.3 is 14.5 Å². The highest BCUT2D eigenvalue weighted by molar-refractivity contribution is 7.92. The van der Waals surface area contributed by atoms with Crippen molar-refractivity contribution in [3.05, 3.63) is 72.2 Å². The van der Waals surface area contributed by atoms with Gasteiger partial charge in [-0.1, -0.05) is 18.2 Å². The molecule has 8 heteroatoms. The van der Waals surface area contributed by atoms with Gasteiger partial charge in [0.15, 0.2) is 5.76 Å². The monoisotopic (exact) mass is 386 g/mol.